The van der Waals surface area contributed by atoms with Crippen molar-refractivity contribution in [3.8, 4) is 0 Å². The Morgan fingerprint density at radius 3 is 2.32 bits per heavy atom. The normalized spacial score (nSPS) is 11.9. The van der Waals surface area contributed by atoms with E-state index in [1.54, 1.807) is 38.1 Å². The molecule has 0 bridgehead atoms. The number of sulfone groups is 1. The maximum atomic E-state index is 12.3. The zero-order valence-electron chi connectivity index (χ0n) is 10.5. The molecule has 100 valence electrons. The molecular weight excluding hydrogens is 329 g/mol. The number of hydrogen-bond donors (Lipinski definition) is 0. The minimum atomic E-state index is -3.48. The van der Waals surface area contributed by atoms with Gasteiger partial charge in [0, 0.05) is 0 Å². The summed E-state index contributed by atoms with van der Waals surface area (Å²) >= 11 is -1.08. The molecule has 2 aromatic rings. The number of aromatic nitrogens is 1. The van der Waals surface area contributed by atoms with Crippen LogP contribution in [0.4, 0.5) is 0 Å². The van der Waals surface area contributed by atoms with Gasteiger partial charge in [0.05, 0.1) is 0 Å². The number of nitrogens with zero attached hydrogens (tertiary/aromatic N) is 1. The van der Waals surface area contributed by atoms with Crippen molar-refractivity contribution >= 4 is 29.9 Å². The SMILES string of the molecule is Cc1noc(C)c1S(=O)(=O)Cc1ccc([As]=O)cc1. The van der Waals surface area contributed by atoms with E-state index in [2.05, 4.69) is 5.16 Å². The number of hydrogen-bond acceptors (Lipinski definition) is 5. The molecule has 0 N–H and O–H groups in total. The average Bonchev–Trinajstić information content (AvgIpc) is 2.70. The summed E-state index contributed by atoms with van der Waals surface area (Å²) in [4.78, 5) is 0.159. The fraction of sp³-hybridized carbons (Fsp3) is 0.250. The van der Waals surface area contributed by atoms with Gasteiger partial charge in [-0.25, -0.2) is 0 Å². The molecule has 1 aromatic carbocycles. The van der Waals surface area contributed by atoms with E-state index < -0.39 is 25.5 Å². The summed E-state index contributed by atoms with van der Waals surface area (Å²) in [6.07, 6.45) is 0. The Balaban J connectivity index is 2.33. The van der Waals surface area contributed by atoms with Gasteiger partial charge in [-0.05, 0) is 0 Å². The van der Waals surface area contributed by atoms with Crippen molar-refractivity contribution in [2.75, 3.05) is 0 Å². The predicted molar refractivity (Wildman–Crippen MR) is 69.4 cm³/mol. The molecule has 0 amide bonds. The molecule has 0 atom stereocenters. The van der Waals surface area contributed by atoms with Crippen LogP contribution in [-0.2, 0) is 19.3 Å². The van der Waals surface area contributed by atoms with Crippen LogP contribution in [-0.4, -0.2) is 29.3 Å². The van der Waals surface area contributed by atoms with Gasteiger partial charge in [-0.3, -0.25) is 0 Å². The van der Waals surface area contributed by atoms with Crippen LogP contribution in [0.3, 0.4) is 0 Å². The number of aryl methyl sites for hydroxylation is 2. The summed E-state index contributed by atoms with van der Waals surface area (Å²) in [6, 6.07) is 6.73. The second-order valence-corrected chi connectivity index (χ2v) is 7.56. The van der Waals surface area contributed by atoms with Crippen LogP contribution in [0.1, 0.15) is 17.0 Å². The monoisotopic (exact) mass is 341 g/mol. The first-order valence-electron chi connectivity index (χ1n) is 5.52. The molecule has 0 radical (unpaired) electrons. The molecule has 1 heterocycles. The standard InChI is InChI=1S/C12H12AsNO4S/c1-8-12(9(2)18-14-8)19(16,17)7-10-3-5-11(13-15)6-4-10/h3-6H,7H2,1-2H3. The van der Waals surface area contributed by atoms with Crippen LogP contribution in [0.5, 0.6) is 0 Å². The van der Waals surface area contributed by atoms with Crippen LogP contribution >= 0.6 is 0 Å². The molecule has 0 spiro atoms. The van der Waals surface area contributed by atoms with E-state index >= 15 is 0 Å². The molecule has 0 aliphatic heterocycles. The zero-order chi connectivity index (χ0) is 14.0. The summed E-state index contributed by atoms with van der Waals surface area (Å²) in [5.74, 6) is 0.185. The second kappa shape index (κ2) is 5.39. The van der Waals surface area contributed by atoms with Crippen LogP contribution in [0, 0.1) is 13.8 Å². The van der Waals surface area contributed by atoms with Crippen LogP contribution in [0.2, 0.25) is 0 Å². The quantitative estimate of drug-likeness (QED) is 0.774. The molecule has 0 unspecified atom stereocenters. The van der Waals surface area contributed by atoms with E-state index in [1.807, 2.05) is 0 Å². The fourth-order valence-electron chi connectivity index (χ4n) is 1.86. The van der Waals surface area contributed by atoms with Crippen molar-refractivity contribution in [2.45, 2.75) is 24.5 Å². The molecule has 0 fully saturated rings. The molecule has 2 rings (SSSR count). The predicted octanol–water partition coefficient (Wildman–Crippen LogP) is 0.940. The van der Waals surface area contributed by atoms with Gasteiger partial charge < -0.3 is 0 Å². The van der Waals surface area contributed by atoms with Crippen molar-refractivity contribution in [3.63, 3.8) is 0 Å². The Morgan fingerprint density at radius 1 is 1.21 bits per heavy atom. The molecule has 5 nitrogen and oxygen atoms in total. The summed E-state index contributed by atoms with van der Waals surface area (Å²) in [5.41, 5.74) is 1.03. The Hall–Kier alpha value is -1.26. The van der Waals surface area contributed by atoms with Crippen molar-refractivity contribution in [2.24, 2.45) is 0 Å². The minimum absolute atomic E-state index is 0.120. The molecule has 19 heavy (non-hydrogen) atoms. The molecule has 1 aromatic heterocycles. The van der Waals surface area contributed by atoms with Crippen molar-refractivity contribution in [1.82, 2.24) is 5.16 Å². The fourth-order valence-corrected chi connectivity index (χ4v) is 4.17. The van der Waals surface area contributed by atoms with Crippen molar-refractivity contribution in [1.29, 1.82) is 0 Å². The van der Waals surface area contributed by atoms with Gasteiger partial charge in [-0.2, -0.15) is 0 Å². The van der Waals surface area contributed by atoms with Crippen molar-refractivity contribution in [3.05, 3.63) is 41.3 Å². The molecule has 0 aliphatic carbocycles. The van der Waals surface area contributed by atoms with E-state index in [1.165, 1.54) is 0 Å². The van der Waals surface area contributed by atoms with Crippen LogP contribution in [0.25, 0.3) is 0 Å². The topological polar surface area (TPSA) is 77.2 Å². The van der Waals surface area contributed by atoms with Gasteiger partial charge >= 0.3 is 117 Å². The van der Waals surface area contributed by atoms with Crippen LogP contribution < -0.4 is 4.35 Å². The van der Waals surface area contributed by atoms with E-state index in [0.717, 1.165) is 4.35 Å². The molecular formula is C12H12AsNO4S. The first-order valence-corrected chi connectivity index (χ1v) is 8.87. The third kappa shape index (κ3) is 3.01. The summed E-state index contributed by atoms with van der Waals surface area (Å²) < 4.78 is 41.0. The van der Waals surface area contributed by atoms with E-state index in [9.17, 15) is 12.2 Å². The molecule has 0 saturated heterocycles. The van der Waals surface area contributed by atoms with Gasteiger partial charge in [0.25, 0.3) is 0 Å². The summed E-state index contributed by atoms with van der Waals surface area (Å²) in [5, 5.41) is 3.66. The van der Waals surface area contributed by atoms with Gasteiger partial charge in [0.2, 0.25) is 0 Å². The summed E-state index contributed by atoms with van der Waals surface area (Å²) in [6.45, 7) is 3.19. The molecule has 0 aliphatic rings. The van der Waals surface area contributed by atoms with E-state index in [4.69, 9.17) is 4.52 Å². The number of benzene rings is 1. The van der Waals surface area contributed by atoms with Gasteiger partial charge in [0.1, 0.15) is 0 Å². The Labute approximate surface area is 117 Å². The van der Waals surface area contributed by atoms with Crippen LogP contribution in [0.15, 0.2) is 33.7 Å². The van der Waals surface area contributed by atoms with E-state index in [0.29, 0.717) is 17.0 Å². The van der Waals surface area contributed by atoms with E-state index in [-0.39, 0.29) is 10.6 Å². The molecule has 0 saturated carbocycles. The Morgan fingerprint density at radius 2 is 1.84 bits per heavy atom. The molecule has 7 heteroatoms. The van der Waals surface area contributed by atoms with Gasteiger partial charge in [0.15, 0.2) is 0 Å². The Kier molecular flexibility index (Phi) is 4.01. The third-order valence-corrected chi connectivity index (χ3v) is 5.66. The van der Waals surface area contributed by atoms with Gasteiger partial charge in [-0.1, -0.05) is 0 Å². The zero-order valence-corrected chi connectivity index (χ0v) is 13.1. The average molecular weight is 341 g/mol. The number of rotatable bonds is 4. The van der Waals surface area contributed by atoms with Gasteiger partial charge in [-0.15, -0.1) is 0 Å². The first-order chi connectivity index (χ1) is 8.94. The van der Waals surface area contributed by atoms with Crippen molar-refractivity contribution < 1.29 is 16.7 Å². The maximum absolute atomic E-state index is 12.3. The Bertz CT molecular complexity index is 684. The third-order valence-electron chi connectivity index (χ3n) is 2.68. The first kappa shape index (κ1) is 14.2. The second-order valence-electron chi connectivity index (χ2n) is 4.17. The summed E-state index contributed by atoms with van der Waals surface area (Å²) in [7, 11) is -3.48.